The Morgan fingerprint density at radius 3 is 2.03 bits per heavy atom. The Morgan fingerprint density at radius 2 is 1.54 bits per heavy atom. The maximum atomic E-state index is 13.6. The standard InChI is InChI=1S/C24H34N2O9/c1-7-32-23(28)18(24(29)33-8-2)12-17(16-9-10-19-20(11-16)35-13-34-19)21(26(30)31)22(27)25(14(3)4)15(5)6/h9-11,14-15,17-18,21H,7-8,12-13H2,1-6H3. The van der Waals surface area contributed by atoms with Gasteiger partial charge in [0.25, 0.3) is 11.9 Å². The third-order valence-corrected chi connectivity index (χ3v) is 5.69. The lowest BCUT2D eigenvalue weighted by Gasteiger charge is -2.33. The van der Waals surface area contributed by atoms with Gasteiger partial charge < -0.3 is 23.8 Å². The van der Waals surface area contributed by atoms with Crippen LogP contribution in [0.25, 0.3) is 0 Å². The van der Waals surface area contributed by atoms with Gasteiger partial charge in [0.1, 0.15) is 0 Å². The van der Waals surface area contributed by atoms with Crippen molar-refractivity contribution in [3.63, 3.8) is 0 Å². The molecule has 194 valence electrons. The van der Waals surface area contributed by atoms with Crippen LogP contribution < -0.4 is 9.47 Å². The summed E-state index contributed by atoms with van der Waals surface area (Å²) in [6.45, 7) is 10.3. The number of rotatable bonds is 12. The van der Waals surface area contributed by atoms with Crippen LogP contribution in [0.15, 0.2) is 18.2 Å². The minimum Gasteiger partial charge on any atom is -0.465 e. The number of amides is 1. The van der Waals surface area contributed by atoms with Gasteiger partial charge in [-0.05, 0) is 65.7 Å². The number of hydrogen-bond donors (Lipinski definition) is 0. The second-order valence-electron chi connectivity index (χ2n) is 8.67. The fourth-order valence-corrected chi connectivity index (χ4v) is 4.29. The van der Waals surface area contributed by atoms with Gasteiger partial charge in [-0.1, -0.05) is 6.07 Å². The van der Waals surface area contributed by atoms with Gasteiger partial charge in [0.2, 0.25) is 6.79 Å². The highest BCUT2D eigenvalue weighted by Crippen LogP contribution is 2.39. The van der Waals surface area contributed by atoms with Crippen LogP contribution in [0, 0.1) is 16.0 Å². The summed E-state index contributed by atoms with van der Waals surface area (Å²) >= 11 is 0. The number of esters is 2. The summed E-state index contributed by atoms with van der Waals surface area (Å²) in [5, 5.41) is 12.4. The molecule has 0 spiro atoms. The van der Waals surface area contributed by atoms with E-state index in [1.165, 1.54) is 4.90 Å². The van der Waals surface area contributed by atoms with E-state index in [9.17, 15) is 24.5 Å². The molecule has 11 heteroatoms. The minimum atomic E-state index is -1.77. The molecule has 1 aliphatic rings. The molecule has 1 aromatic rings. The smallest absolute Gasteiger partial charge is 0.320 e. The summed E-state index contributed by atoms with van der Waals surface area (Å²) in [5.41, 5.74) is 0.357. The van der Waals surface area contributed by atoms with E-state index in [2.05, 4.69) is 0 Å². The number of benzene rings is 1. The Bertz CT molecular complexity index is 906. The highest BCUT2D eigenvalue weighted by molar-refractivity contribution is 5.95. The van der Waals surface area contributed by atoms with Gasteiger partial charge in [-0.15, -0.1) is 0 Å². The zero-order chi connectivity index (χ0) is 26.3. The average Bonchev–Trinajstić information content (AvgIpc) is 3.23. The van der Waals surface area contributed by atoms with Crippen LogP contribution in [0.4, 0.5) is 0 Å². The van der Waals surface area contributed by atoms with E-state index >= 15 is 0 Å². The summed E-state index contributed by atoms with van der Waals surface area (Å²) in [6.07, 6.45) is -0.362. The molecule has 1 heterocycles. The van der Waals surface area contributed by atoms with E-state index in [4.69, 9.17) is 18.9 Å². The van der Waals surface area contributed by atoms with E-state index < -0.39 is 40.6 Å². The zero-order valence-corrected chi connectivity index (χ0v) is 21.0. The molecule has 2 atom stereocenters. The first-order valence-electron chi connectivity index (χ1n) is 11.7. The SMILES string of the molecule is CCOC(=O)C(CC(c1ccc2c(c1)OCO2)C(C(=O)N(C(C)C)C(C)C)[N+](=O)[O-])C(=O)OCC. The van der Waals surface area contributed by atoms with Gasteiger partial charge in [-0.2, -0.15) is 0 Å². The third-order valence-electron chi connectivity index (χ3n) is 5.69. The lowest BCUT2D eigenvalue weighted by Crippen LogP contribution is -2.52. The Labute approximate surface area is 204 Å². The molecular weight excluding hydrogens is 460 g/mol. The van der Waals surface area contributed by atoms with Gasteiger partial charge in [-0.3, -0.25) is 24.5 Å². The molecule has 0 bridgehead atoms. The summed E-state index contributed by atoms with van der Waals surface area (Å²) in [5.74, 6) is -4.25. The van der Waals surface area contributed by atoms with Crippen molar-refractivity contribution in [3.05, 3.63) is 33.9 Å². The fourth-order valence-electron chi connectivity index (χ4n) is 4.29. The highest BCUT2D eigenvalue weighted by atomic mass is 16.7. The second kappa shape index (κ2) is 12.4. The predicted octanol–water partition coefficient (Wildman–Crippen LogP) is 2.92. The topological polar surface area (TPSA) is 135 Å². The first-order chi connectivity index (χ1) is 16.5. The van der Waals surface area contributed by atoms with Gasteiger partial charge in [0.15, 0.2) is 17.4 Å². The lowest BCUT2D eigenvalue weighted by atomic mass is 9.82. The van der Waals surface area contributed by atoms with Gasteiger partial charge in [0, 0.05) is 17.0 Å². The molecule has 0 saturated heterocycles. The molecule has 0 radical (unpaired) electrons. The van der Waals surface area contributed by atoms with Crippen molar-refractivity contribution < 1.29 is 38.3 Å². The Kier molecular flexibility index (Phi) is 9.85. The molecule has 35 heavy (non-hydrogen) atoms. The van der Waals surface area contributed by atoms with Crippen molar-refractivity contribution in [2.75, 3.05) is 20.0 Å². The molecule has 2 unspecified atom stereocenters. The summed E-state index contributed by atoms with van der Waals surface area (Å²) in [6, 6.07) is 2.30. The van der Waals surface area contributed by atoms with E-state index in [0.717, 1.165) is 0 Å². The van der Waals surface area contributed by atoms with Crippen molar-refractivity contribution in [3.8, 4) is 11.5 Å². The monoisotopic (exact) mass is 494 g/mol. The lowest BCUT2D eigenvalue weighted by molar-refractivity contribution is -0.513. The fraction of sp³-hybridized carbons (Fsp3) is 0.625. The molecule has 1 aromatic carbocycles. The number of fused-ring (bicyclic) bond motifs is 1. The summed E-state index contributed by atoms with van der Waals surface area (Å²) < 4.78 is 20.9. The normalized spacial score (nSPS) is 14.1. The number of ether oxygens (including phenoxy) is 4. The average molecular weight is 495 g/mol. The van der Waals surface area contributed by atoms with E-state index in [-0.39, 0.29) is 38.5 Å². The van der Waals surface area contributed by atoms with E-state index in [0.29, 0.717) is 17.1 Å². The van der Waals surface area contributed by atoms with Crippen LogP contribution in [-0.4, -0.2) is 65.8 Å². The molecule has 0 N–H and O–H groups in total. The Morgan fingerprint density at radius 1 is 1.00 bits per heavy atom. The van der Waals surface area contributed by atoms with Crippen molar-refractivity contribution in [2.45, 2.75) is 72.0 Å². The van der Waals surface area contributed by atoms with Crippen LogP contribution in [-0.2, 0) is 23.9 Å². The summed E-state index contributed by atoms with van der Waals surface area (Å²) in [4.78, 5) is 52.1. The van der Waals surface area contributed by atoms with Gasteiger partial charge in [-0.25, -0.2) is 0 Å². The molecule has 0 saturated carbocycles. The van der Waals surface area contributed by atoms with Crippen molar-refractivity contribution in [1.29, 1.82) is 0 Å². The molecular formula is C24H34N2O9. The van der Waals surface area contributed by atoms with Crippen molar-refractivity contribution in [1.82, 2.24) is 4.90 Å². The molecule has 1 amide bonds. The third kappa shape index (κ3) is 6.61. The second-order valence-corrected chi connectivity index (χ2v) is 8.67. The number of nitrogens with zero attached hydrogens (tertiary/aromatic N) is 2. The molecule has 0 fully saturated rings. The number of hydrogen-bond acceptors (Lipinski definition) is 9. The first kappa shape index (κ1) is 27.9. The quantitative estimate of drug-likeness (QED) is 0.186. The Balaban J connectivity index is 2.62. The maximum absolute atomic E-state index is 13.6. The molecule has 0 aromatic heterocycles. The van der Waals surface area contributed by atoms with E-state index in [1.54, 1.807) is 59.7 Å². The van der Waals surface area contributed by atoms with Crippen LogP contribution in [0.1, 0.15) is 59.4 Å². The first-order valence-corrected chi connectivity index (χ1v) is 11.7. The maximum Gasteiger partial charge on any atom is 0.320 e. The predicted molar refractivity (Wildman–Crippen MR) is 125 cm³/mol. The largest absolute Gasteiger partial charge is 0.465 e. The Hall–Kier alpha value is -3.37. The number of carbonyl (C=O) groups excluding carboxylic acids is 3. The minimum absolute atomic E-state index is 0.00943. The molecule has 11 nitrogen and oxygen atoms in total. The van der Waals surface area contributed by atoms with Crippen molar-refractivity contribution >= 4 is 17.8 Å². The number of carbonyl (C=O) groups is 3. The molecule has 1 aliphatic heterocycles. The molecule has 2 rings (SSSR count). The molecule has 0 aliphatic carbocycles. The van der Waals surface area contributed by atoms with Gasteiger partial charge in [0.05, 0.1) is 19.1 Å². The van der Waals surface area contributed by atoms with Crippen LogP contribution in [0.2, 0.25) is 0 Å². The van der Waals surface area contributed by atoms with Gasteiger partial charge >= 0.3 is 11.9 Å². The van der Waals surface area contributed by atoms with Crippen LogP contribution in [0.3, 0.4) is 0 Å². The zero-order valence-electron chi connectivity index (χ0n) is 21.0. The van der Waals surface area contributed by atoms with E-state index in [1.807, 2.05) is 0 Å². The van der Waals surface area contributed by atoms with Crippen LogP contribution in [0.5, 0.6) is 11.5 Å². The van der Waals surface area contributed by atoms with Crippen LogP contribution >= 0.6 is 0 Å². The summed E-state index contributed by atoms with van der Waals surface area (Å²) in [7, 11) is 0. The van der Waals surface area contributed by atoms with Crippen molar-refractivity contribution in [2.24, 2.45) is 5.92 Å². The number of nitro groups is 1. The highest BCUT2D eigenvalue weighted by Gasteiger charge is 2.47.